The number of hydrogen-bond acceptors (Lipinski definition) is 8. The van der Waals surface area contributed by atoms with Crippen LogP contribution < -0.4 is 0 Å². The van der Waals surface area contributed by atoms with Crippen LogP contribution in [0.15, 0.2) is 54.6 Å². The molecule has 0 aliphatic carbocycles. The summed E-state index contributed by atoms with van der Waals surface area (Å²) in [7, 11) is 1.50. The van der Waals surface area contributed by atoms with Gasteiger partial charge in [-0.3, -0.25) is 0 Å². The van der Waals surface area contributed by atoms with E-state index >= 15 is 0 Å². The number of aliphatic hydroxyl groups excluding tert-OH is 3. The molecule has 1 unspecified atom stereocenters. The Labute approximate surface area is 174 Å². The maximum Gasteiger partial charge on any atom is 0.338 e. The summed E-state index contributed by atoms with van der Waals surface area (Å²) in [6.07, 6.45) is -6.16. The molecule has 1 aliphatic rings. The first-order valence-electron chi connectivity index (χ1n) is 9.64. The Kier molecular flexibility index (Phi) is 7.92. The summed E-state index contributed by atoms with van der Waals surface area (Å²) in [6, 6.07) is 16.7. The number of aliphatic hydroxyl groups is 3. The number of methoxy groups -OCH3 is 1. The number of hydrogen-bond donors (Lipinski definition) is 3. The van der Waals surface area contributed by atoms with E-state index in [0.717, 1.165) is 11.1 Å². The fourth-order valence-corrected chi connectivity index (χ4v) is 3.21. The van der Waals surface area contributed by atoms with Crippen LogP contribution in [0.4, 0.5) is 0 Å². The van der Waals surface area contributed by atoms with E-state index in [4.69, 9.17) is 18.9 Å². The molecular weight excluding hydrogens is 392 g/mol. The average Bonchev–Trinajstić information content (AvgIpc) is 3.07. The highest BCUT2D eigenvalue weighted by molar-refractivity contribution is 5.90. The lowest BCUT2D eigenvalue weighted by atomic mass is 10.0. The predicted octanol–water partition coefficient (Wildman–Crippen LogP) is 0.981. The first-order valence-corrected chi connectivity index (χ1v) is 9.64. The fourth-order valence-electron chi connectivity index (χ4n) is 3.21. The van der Waals surface area contributed by atoms with Gasteiger partial charge in [-0.05, 0) is 23.3 Å². The molecule has 0 radical (unpaired) electrons. The van der Waals surface area contributed by atoms with Crippen LogP contribution in [0.5, 0.6) is 0 Å². The van der Waals surface area contributed by atoms with Crippen molar-refractivity contribution in [2.24, 2.45) is 0 Å². The van der Waals surface area contributed by atoms with E-state index in [1.54, 1.807) is 12.1 Å². The minimum Gasteiger partial charge on any atom is -0.459 e. The number of carbonyl (C=O) groups is 1. The van der Waals surface area contributed by atoms with Gasteiger partial charge in [-0.2, -0.15) is 0 Å². The fraction of sp³-hybridized carbons (Fsp3) is 0.409. The summed E-state index contributed by atoms with van der Waals surface area (Å²) in [5.41, 5.74) is 2.33. The van der Waals surface area contributed by atoms with Gasteiger partial charge in [0.2, 0.25) is 0 Å². The van der Waals surface area contributed by atoms with Crippen LogP contribution in [0, 0.1) is 0 Å². The van der Waals surface area contributed by atoms with Crippen molar-refractivity contribution >= 4 is 5.97 Å². The van der Waals surface area contributed by atoms with E-state index in [0.29, 0.717) is 5.56 Å². The van der Waals surface area contributed by atoms with Crippen LogP contribution in [0.25, 0.3) is 11.1 Å². The third-order valence-corrected chi connectivity index (χ3v) is 4.84. The summed E-state index contributed by atoms with van der Waals surface area (Å²) in [5, 5.41) is 30.1. The number of benzene rings is 2. The minimum absolute atomic E-state index is 0.144. The van der Waals surface area contributed by atoms with Gasteiger partial charge in [0.05, 0.1) is 18.8 Å². The number of rotatable bonds is 9. The van der Waals surface area contributed by atoms with Gasteiger partial charge in [-0.15, -0.1) is 0 Å². The third-order valence-electron chi connectivity index (χ3n) is 4.84. The summed E-state index contributed by atoms with van der Waals surface area (Å²) in [6.45, 7) is 0.0364. The van der Waals surface area contributed by atoms with Crippen LogP contribution in [-0.2, 0) is 18.9 Å². The van der Waals surface area contributed by atoms with Crippen molar-refractivity contribution in [2.75, 3.05) is 26.9 Å². The smallest absolute Gasteiger partial charge is 0.338 e. The molecule has 30 heavy (non-hydrogen) atoms. The summed E-state index contributed by atoms with van der Waals surface area (Å²) in [5.74, 6) is -0.607. The van der Waals surface area contributed by atoms with Crippen molar-refractivity contribution < 1.29 is 39.1 Å². The molecule has 0 bridgehead atoms. The zero-order valence-electron chi connectivity index (χ0n) is 16.6. The van der Waals surface area contributed by atoms with E-state index in [2.05, 4.69) is 0 Å². The molecule has 0 saturated carbocycles. The Hall–Kier alpha value is -2.33. The van der Waals surface area contributed by atoms with Crippen LogP contribution in [-0.4, -0.2) is 78.9 Å². The van der Waals surface area contributed by atoms with E-state index in [9.17, 15) is 20.1 Å². The van der Waals surface area contributed by atoms with E-state index < -0.39 is 36.7 Å². The molecule has 8 heteroatoms. The second kappa shape index (κ2) is 10.6. The Morgan fingerprint density at radius 2 is 1.70 bits per heavy atom. The standard InChI is InChI=1S/C22H26O8/c1-27-11-12-28-20-18(24)22(26)30-19(20)17(23)13-29-21(25)16-9-7-15(8-10-16)14-5-3-2-4-6-14/h2-10,17-20,22-24,26H,11-13H2,1H3/t17-,18-,19-,20+,22?/m1/s1. The number of esters is 1. The van der Waals surface area contributed by atoms with Crippen LogP contribution >= 0.6 is 0 Å². The van der Waals surface area contributed by atoms with E-state index in [-0.39, 0.29) is 19.8 Å². The Morgan fingerprint density at radius 1 is 1.03 bits per heavy atom. The van der Waals surface area contributed by atoms with E-state index in [1.165, 1.54) is 7.11 Å². The summed E-state index contributed by atoms with van der Waals surface area (Å²) < 4.78 is 20.7. The Bertz CT molecular complexity index is 795. The highest BCUT2D eigenvalue weighted by atomic mass is 16.7. The monoisotopic (exact) mass is 418 g/mol. The minimum atomic E-state index is -1.50. The summed E-state index contributed by atoms with van der Waals surface area (Å²) >= 11 is 0. The zero-order valence-corrected chi connectivity index (χ0v) is 16.6. The van der Waals surface area contributed by atoms with Crippen molar-refractivity contribution in [3.05, 3.63) is 60.2 Å². The molecule has 162 valence electrons. The van der Waals surface area contributed by atoms with Crippen molar-refractivity contribution in [3.8, 4) is 11.1 Å². The van der Waals surface area contributed by atoms with Gasteiger partial charge in [-0.1, -0.05) is 42.5 Å². The van der Waals surface area contributed by atoms with Crippen molar-refractivity contribution in [1.29, 1.82) is 0 Å². The molecular formula is C22H26O8. The van der Waals surface area contributed by atoms with Crippen molar-refractivity contribution in [2.45, 2.75) is 30.7 Å². The van der Waals surface area contributed by atoms with Crippen LogP contribution in [0.1, 0.15) is 10.4 Å². The topological polar surface area (TPSA) is 115 Å². The maximum absolute atomic E-state index is 12.3. The predicted molar refractivity (Wildman–Crippen MR) is 107 cm³/mol. The Morgan fingerprint density at radius 3 is 2.37 bits per heavy atom. The highest BCUT2D eigenvalue weighted by Gasteiger charge is 2.47. The van der Waals surface area contributed by atoms with Gasteiger partial charge in [0.1, 0.15) is 31.0 Å². The maximum atomic E-state index is 12.3. The van der Waals surface area contributed by atoms with E-state index in [1.807, 2.05) is 42.5 Å². The molecule has 0 aromatic heterocycles. The lowest BCUT2D eigenvalue weighted by Crippen LogP contribution is -2.43. The molecule has 5 atom stereocenters. The lowest BCUT2D eigenvalue weighted by Gasteiger charge is -2.24. The molecule has 3 rings (SSSR count). The molecule has 2 aromatic carbocycles. The van der Waals surface area contributed by atoms with Gasteiger partial charge in [-0.25, -0.2) is 4.79 Å². The lowest BCUT2D eigenvalue weighted by molar-refractivity contribution is -0.151. The Balaban J connectivity index is 1.55. The quantitative estimate of drug-likeness (QED) is 0.408. The van der Waals surface area contributed by atoms with Crippen LogP contribution in [0.3, 0.4) is 0 Å². The molecule has 1 fully saturated rings. The second-order valence-electron chi connectivity index (χ2n) is 6.92. The normalized spacial score (nSPS) is 24.5. The van der Waals surface area contributed by atoms with Gasteiger partial charge < -0.3 is 34.3 Å². The van der Waals surface area contributed by atoms with Crippen molar-refractivity contribution in [3.63, 3.8) is 0 Å². The van der Waals surface area contributed by atoms with Gasteiger partial charge >= 0.3 is 5.97 Å². The van der Waals surface area contributed by atoms with Crippen LogP contribution in [0.2, 0.25) is 0 Å². The largest absolute Gasteiger partial charge is 0.459 e. The SMILES string of the molecule is COCCO[C@@H]1[C@@H]([C@H](O)COC(=O)c2ccc(-c3ccccc3)cc2)OC(O)[C@@H]1O. The molecule has 2 aromatic rings. The highest BCUT2D eigenvalue weighted by Crippen LogP contribution is 2.25. The molecule has 8 nitrogen and oxygen atoms in total. The average molecular weight is 418 g/mol. The van der Waals surface area contributed by atoms with Gasteiger partial charge in [0, 0.05) is 7.11 Å². The number of carbonyl (C=O) groups excluding carboxylic acids is 1. The molecule has 1 saturated heterocycles. The zero-order chi connectivity index (χ0) is 21.5. The molecule has 3 N–H and O–H groups in total. The summed E-state index contributed by atoms with van der Waals surface area (Å²) in [4.78, 5) is 12.3. The molecule has 0 amide bonds. The molecule has 1 aliphatic heterocycles. The first-order chi connectivity index (χ1) is 14.5. The van der Waals surface area contributed by atoms with Gasteiger partial charge in [0.25, 0.3) is 0 Å². The first kappa shape index (κ1) is 22.4. The third kappa shape index (κ3) is 5.42. The molecule has 1 heterocycles. The molecule has 0 spiro atoms. The second-order valence-corrected chi connectivity index (χ2v) is 6.92. The van der Waals surface area contributed by atoms with Gasteiger partial charge in [0.15, 0.2) is 6.29 Å². The van der Waals surface area contributed by atoms with Crippen molar-refractivity contribution in [1.82, 2.24) is 0 Å². The number of ether oxygens (including phenoxy) is 4.